The van der Waals surface area contributed by atoms with Crippen LogP contribution in [-0.2, 0) is 20.7 Å². The molecule has 0 aliphatic carbocycles. The van der Waals surface area contributed by atoms with E-state index in [2.05, 4.69) is 13.0 Å². The predicted molar refractivity (Wildman–Crippen MR) is 100.0 cm³/mol. The Kier molecular flexibility index (Phi) is 4.92. The molecule has 1 aromatic carbocycles. The van der Waals surface area contributed by atoms with Crippen LogP contribution in [-0.4, -0.2) is 47.9 Å². The van der Waals surface area contributed by atoms with Gasteiger partial charge in [-0.2, -0.15) is 0 Å². The molecule has 138 valence electrons. The number of rotatable bonds is 3. The van der Waals surface area contributed by atoms with E-state index in [4.69, 9.17) is 14.5 Å². The molecule has 1 unspecified atom stereocenters. The second-order valence-corrected chi connectivity index (χ2v) is 7.25. The summed E-state index contributed by atoms with van der Waals surface area (Å²) in [4.78, 5) is 19.9. The van der Waals surface area contributed by atoms with Crippen molar-refractivity contribution in [3.63, 3.8) is 0 Å². The lowest BCUT2D eigenvalue weighted by molar-refractivity contribution is -0.150. The number of amides is 1. The van der Waals surface area contributed by atoms with Gasteiger partial charge in [-0.25, -0.2) is 0 Å². The number of aryl methyl sites for hydroxylation is 2. The Morgan fingerprint density at radius 1 is 1.19 bits per heavy atom. The second-order valence-electron chi connectivity index (χ2n) is 7.25. The first-order valence-electron chi connectivity index (χ1n) is 9.52. The van der Waals surface area contributed by atoms with E-state index in [1.165, 1.54) is 0 Å². The molecule has 0 saturated carbocycles. The summed E-state index contributed by atoms with van der Waals surface area (Å²) in [6.07, 6.45) is 3.23. The third-order valence-corrected chi connectivity index (χ3v) is 5.64. The first kappa shape index (κ1) is 17.4. The molecule has 0 bridgehead atoms. The summed E-state index contributed by atoms with van der Waals surface area (Å²) in [7, 11) is 0. The smallest absolute Gasteiger partial charge is 0.227 e. The fraction of sp³-hybridized carbons (Fsp3) is 0.524. The van der Waals surface area contributed by atoms with Crippen LogP contribution in [0.4, 0.5) is 0 Å². The van der Waals surface area contributed by atoms with Gasteiger partial charge < -0.3 is 14.4 Å². The number of fused-ring (bicyclic) bond motifs is 1. The van der Waals surface area contributed by atoms with Gasteiger partial charge in [0.2, 0.25) is 5.91 Å². The van der Waals surface area contributed by atoms with Gasteiger partial charge in [-0.15, -0.1) is 0 Å². The van der Waals surface area contributed by atoms with Crippen LogP contribution in [0.3, 0.4) is 0 Å². The number of ether oxygens (including phenoxy) is 2. The average Bonchev–Trinajstić information content (AvgIpc) is 3.19. The normalized spacial score (nSPS) is 21.5. The zero-order valence-electron chi connectivity index (χ0n) is 15.5. The Hall–Kier alpha value is -1.98. The molecule has 5 heteroatoms. The molecule has 2 aliphatic heterocycles. The highest BCUT2D eigenvalue weighted by atomic mass is 16.7. The molecule has 1 amide bonds. The number of nitrogens with zero attached hydrogens (tertiary/aromatic N) is 2. The summed E-state index contributed by atoms with van der Waals surface area (Å²) in [6.45, 7) is 6.12. The molecule has 1 atom stereocenters. The van der Waals surface area contributed by atoms with Crippen LogP contribution in [0.5, 0.6) is 0 Å². The highest BCUT2D eigenvalue weighted by Gasteiger charge is 2.36. The quantitative estimate of drug-likeness (QED) is 0.850. The van der Waals surface area contributed by atoms with E-state index in [0.29, 0.717) is 19.6 Å². The minimum atomic E-state index is -0.267. The number of hydrogen-bond acceptors (Lipinski definition) is 4. The fourth-order valence-corrected chi connectivity index (χ4v) is 4.23. The number of benzene rings is 1. The van der Waals surface area contributed by atoms with E-state index < -0.39 is 0 Å². The largest absolute Gasteiger partial charge is 0.348 e. The molecule has 26 heavy (non-hydrogen) atoms. The number of aromatic nitrogens is 1. The van der Waals surface area contributed by atoms with E-state index in [0.717, 1.165) is 53.5 Å². The zero-order valence-corrected chi connectivity index (χ0v) is 15.5. The van der Waals surface area contributed by atoms with Crippen LogP contribution in [0, 0.1) is 13.8 Å². The van der Waals surface area contributed by atoms with E-state index in [9.17, 15) is 4.79 Å². The lowest BCUT2D eigenvalue weighted by Crippen LogP contribution is -2.50. The predicted octanol–water partition coefficient (Wildman–Crippen LogP) is 3.15. The van der Waals surface area contributed by atoms with Crippen LogP contribution in [0.2, 0.25) is 0 Å². The summed E-state index contributed by atoms with van der Waals surface area (Å²) in [5.41, 5.74) is 4.13. The van der Waals surface area contributed by atoms with Crippen molar-refractivity contribution in [1.29, 1.82) is 0 Å². The maximum atomic E-state index is 13.2. The van der Waals surface area contributed by atoms with Crippen molar-refractivity contribution in [1.82, 2.24) is 9.88 Å². The fourth-order valence-electron chi connectivity index (χ4n) is 4.23. The van der Waals surface area contributed by atoms with Crippen molar-refractivity contribution in [2.24, 2.45) is 0 Å². The summed E-state index contributed by atoms with van der Waals surface area (Å²) in [5, 5.41) is 1.12. The van der Waals surface area contributed by atoms with Gasteiger partial charge in [-0.05, 0) is 50.3 Å². The zero-order chi connectivity index (χ0) is 18.1. The Bertz CT molecular complexity index is 814. The summed E-state index contributed by atoms with van der Waals surface area (Å²) in [6, 6.07) is 8.16. The molecular formula is C21H26N2O3. The number of para-hydroxylation sites is 1. The monoisotopic (exact) mass is 354 g/mol. The van der Waals surface area contributed by atoms with Gasteiger partial charge in [0.25, 0.3) is 0 Å². The van der Waals surface area contributed by atoms with Crippen molar-refractivity contribution < 1.29 is 14.3 Å². The van der Waals surface area contributed by atoms with Gasteiger partial charge in [0.05, 0.1) is 31.2 Å². The lowest BCUT2D eigenvalue weighted by atomic mass is 9.96. The molecule has 2 aliphatic rings. The first-order chi connectivity index (χ1) is 12.6. The highest BCUT2D eigenvalue weighted by Crippen LogP contribution is 2.27. The Morgan fingerprint density at radius 2 is 1.96 bits per heavy atom. The summed E-state index contributed by atoms with van der Waals surface area (Å²) in [5.74, 6) is 0.150. The van der Waals surface area contributed by atoms with Crippen molar-refractivity contribution in [3.05, 3.63) is 41.1 Å². The van der Waals surface area contributed by atoms with E-state index in [1.54, 1.807) is 0 Å². The summed E-state index contributed by atoms with van der Waals surface area (Å²) < 4.78 is 11.4. The first-order valence-corrected chi connectivity index (χ1v) is 9.52. The molecule has 2 aromatic rings. The minimum Gasteiger partial charge on any atom is -0.348 e. The number of carbonyl (C=O) groups excluding carboxylic acids is 1. The van der Waals surface area contributed by atoms with Crippen molar-refractivity contribution in [2.45, 2.75) is 51.9 Å². The highest BCUT2D eigenvalue weighted by molar-refractivity contribution is 5.86. The third kappa shape index (κ3) is 3.21. The molecule has 3 heterocycles. The van der Waals surface area contributed by atoms with E-state index >= 15 is 0 Å². The Labute approximate surface area is 154 Å². The Balaban J connectivity index is 1.60. The van der Waals surface area contributed by atoms with Crippen LogP contribution in [0.25, 0.3) is 10.9 Å². The number of pyridine rings is 1. The maximum absolute atomic E-state index is 13.2. The molecule has 4 rings (SSSR count). The van der Waals surface area contributed by atoms with E-state index in [-0.39, 0.29) is 18.2 Å². The second kappa shape index (κ2) is 7.33. The topological polar surface area (TPSA) is 51.7 Å². The van der Waals surface area contributed by atoms with Gasteiger partial charge in [-0.1, -0.05) is 18.2 Å². The van der Waals surface area contributed by atoms with Crippen LogP contribution in [0.1, 0.15) is 36.1 Å². The van der Waals surface area contributed by atoms with Gasteiger partial charge in [0.1, 0.15) is 0 Å². The average molecular weight is 354 g/mol. The molecule has 2 saturated heterocycles. The van der Waals surface area contributed by atoms with Crippen molar-refractivity contribution in [2.75, 3.05) is 19.8 Å². The van der Waals surface area contributed by atoms with Gasteiger partial charge in [0.15, 0.2) is 6.29 Å². The molecule has 5 nitrogen and oxygen atoms in total. The van der Waals surface area contributed by atoms with Gasteiger partial charge in [0, 0.05) is 17.6 Å². The lowest BCUT2D eigenvalue weighted by Gasteiger charge is -2.38. The summed E-state index contributed by atoms with van der Waals surface area (Å²) >= 11 is 0. The number of carbonyl (C=O) groups is 1. The van der Waals surface area contributed by atoms with Crippen molar-refractivity contribution in [3.8, 4) is 0 Å². The molecular weight excluding hydrogens is 328 g/mol. The Morgan fingerprint density at radius 3 is 2.77 bits per heavy atom. The minimum absolute atomic E-state index is 0.0350. The van der Waals surface area contributed by atoms with Gasteiger partial charge in [-0.3, -0.25) is 9.78 Å². The molecule has 1 aromatic heterocycles. The van der Waals surface area contributed by atoms with Gasteiger partial charge >= 0.3 is 0 Å². The SMILES string of the molecule is Cc1nc2ccccc2c(C)c1CC(=O)N1CCCCC1C1OCCO1. The third-order valence-electron chi connectivity index (χ3n) is 5.64. The molecule has 0 spiro atoms. The molecule has 0 N–H and O–H groups in total. The maximum Gasteiger partial charge on any atom is 0.227 e. The standard InChI is InChI=1S/C21H26N2O3/c1-14-16-7-3-4-8-18(16)22-15(2)17(14)13-20(24)23-10-6-5-9-19(23)21-25-11-12-26-21/h3-4,7-8,19,21H,5-6,9-13H2,1-2H3. The number of hydrogen-bond donors (Lipinski definition) is 0. The van der Waals surface area contributed by atoms with E-state index in [1.807, 2.05) is 30.0 Å². The van der Waals surface area contributed by atoms with Crippen LogP contribution < -0.4 is 0 Å². The number of likely N-dealkylation sites (tertiary alicyclic amines) is 1. The van der Waals surface area contributed by atoms with Crippen LogP contribution in [0.15, 0.2) is 24.3 Å². The van der Waals surface area contributed by atoms with Crippen LogP contribution >= 0.6 is 0 Å². The molecule has 2 fully saturated rings. The number of piperidine rings is 1. The van der Waals surface area contributed by atoms with Crippen molar-refractivity contribution >= 4 is 16.8 Å². The molecule has 0 radical (unpaired) electrons.